The van der Waals surface area contributed by atoms with Gasteiger partial charge in [0, 0.05) is 33.3 Å². The predicted octanol–water partition coefficient (Wildman–Crippen LogP) is 4.81. The van der Waals surface area contributed by atoms with Crippen molar-refractivity contribution in [3.63, 3.8) is 0 Å². The zero-order valence-electron chi connectivity index (χ0n) is 15.0. The van der Waals surface area contributed by atoms with E-state index in [2.05, 4.69) is 20.7 Å². The number of rotatable bonds is 4. The molecule has 1 aromatic carbocycles. The van der Waals surface area contributed by atoms with Crippen molar-refractivity contribution in [3.05, 3.63) is 34.4 Å². The molecule has 6 heteroatoms. The number of hydrogen-bond donors (Lipinski definition) is 1. The van der Waals surface area contributed by atoms with Crippen LogP contribution in [0.4, 0.5) is 0 Å². The Balaban J connectivity index is 2.49. The minimum absolute atomic E-state index is 0.0495. The van der Waals surface area contributed by atoms with Crippen LogP contribution in [0, 0.1) is 5.92 Å². The highest BCUT2D eigenvalue weighted by Crippen LogP contribution is 2.30. The van der Waals surface area contributed by atoms with E-state index in [0.29, 0.717) is 0 Å². The van der Waals surface area contributed by atoms with Crippen molar-refractivity contribution in [3.8, 4) is 0 Å². The Morgan fingerprint density at radius 1 is 1.29 bits per heavy atom. The molecule has 2 atom stereocenters. The molecule has 2 aromatic rings. The first-order chi connectivity index (χ1) is 11.0. The van der Waals surface area contributed by atoms with E-state index in [0.717, 1.165) is 20.9 Å². The Morgan fingerprint density at radius 3 is 2.46 bits per heavy atom. The maximum Gasteiger partial charge on any atom is 0.233 e. The molecule has 0 bridgehead atoms. The summed E-state index contributed by atoms with van der Waals surface area (Å²) in [6, 6.07) is 5.78. The third-order valence-corrected chi connectivity index (χ3v) is 6.01. The minimum Gasteiger partial charge on any atom is -0.598 e. The van der Waals surface area contributed by atoms with Crippen LogP contribution >= 0.6 is 15.9 Å². The summed E-state index contributed by atoms with van der Waals surface area (Å²) in [6.07, 6.45) is 1.87. The number of benzene rings is 1. The van der Waals surface area contributed by atoms with Gasteiger partial charge in [-0.15, -0.1) is 4.72 Å². The number of aromatic nitrogens is 1. The van der Waals surface area contributed by atoms with Crippen LogP contribution in [0.3, 0.4) is 0 Å². The second-order valence-electron chi connectivity index (χ2n) is 7.33. The monoisotopic (exact) mass is 412 g/mol. The molecule has 2 rings (SSSR count). The van der Waals surface area contributed by atoms with E-state index in [-0.39, 0.29) is 22.6 Å². The summed E-state index contributed by atoms with van der Waals surface area (Å²) >= 11 is 2.30. The third-order valence-electron chi connectivity index (χ3n) is 3.84. The molecular formula is C18H25BrN2O2S. The van der Waals surface area contributed by atoms with Gasteiger partial charge in [-0.1, -0.05) is 35.8 Å². The van der Waals surface area contributed by atoms with Gasteiger partial charge in [0.2, 0.25) is 5.91 Å². The lowest BCUT2D eigenvalue weighted by Crippen LogP contribution is -2.40. The number of carbonyl (C=O) groups excluding carboxylic acids is 1. The molecular weight excluding hydrogens is 388 g/mol. The summed E-state index contributed by atoms with van der Waals surface area (Å²) in [7, 11) is 0. The van der Waals surface area contributed by atoms with Crippen molar-refractivity contribution in [2.45, 2.75) is 52.3 Å². The van der Waals surface area contributed by atoms with Crippen LogP contribution in [0.5, 0.6) is 0 Å². The van der Waals surface area contributed by atoms with Crippen LogP contribution < -0.4 is 4.72 Å². The van der Waals surface area contributed by atoms with Gasteiger partial charge in [-0.3, -0.25) is 9.36 Å². The Morgan fingerprint density at radius 2 is 1.92 bits per heavy atom. The van der Waals surface area contributed by atoms with Crippen molar-refractivity contribution >= 4 is 44.1 Å². The molecule has 24 heavy (non-hydrogen) atoms. The normalized spacial score (nSPS) is 15.0. The van der Waals surface area contributed by atoms with Crippen molar-refractivity contribution < 1.29 is 9.35 Å². The Labute approximate surface area is 155 Å². The molecule has 4 nitrogen and oxygen atoms in total. The molecule has 0 saturated carbocycles. The lowest BCUT2D eigenvalue weighted by molar-refractivity contribution is 0.0860. The molecule has 0 radical (unpaired) electrons. The predicted molar refractivity (Wildman–Crippen MR) is 105 cm³/mol. The number of halogens is 1. The molecule has 1 N–H and O–H groups in total. The fraction of sp³-hybridized carbons (Fsp3) is 0.500. The fourth-order valence-electron chi connectivity index (χ4n) is 2.43. The van der Waals surface area contributed by atoms with E-state index in [9.17, 15) is 9.35 Å². The standard InChI is InChI=1S/C18H25BrN2O2S/c1-11(2)17(22)21-10-15(12(3)20-24(23)18(4,5)6)14-8-7-13(19)9-16(14)21/h7-12,20H,1-6H3/t12-,24+/m1/s1. The van der Waals surface area contributed by atoms with Gasteiger partial charge in [-0.25, -0.2) is 0 Å². The van der Waals surface area contributed by atoms with E-state index >= 15 is 0 Å². The van der Waals surface area contributed by atoms with Gasteiger partial charge in [0.05, 0.1) is 11.6 Å². The first kappa shape index (κ1) is 19.5. The van der Waals surface area contributed by atoms with Gasteiger partial charge in [-0.2, -0.15) is 0 Å². The summed E-state index contributed by atoms with van der Waals surface area (Å²) in [5, 5.41) is 0.998. The maximum atomic E-state index is 12.6. The summed E-state index contributed by atoms with van der Waals surface area (Å²) in [6.45, 7) is 11.6. The highest BCUT2D eigenvalue weighted by atomic mass is 79.9. The second kappa shape index (κ2) is 7.20. The highest BCUT2D eigenvalue weighted by molar-refractivity contribution is 9.10. The lowest BCUT2D eigenvalue weighted by atomic mass is 10.1. The van der Waals surface area contributed by atoms with Crippen molar-refractivity contribution in [2.75, 3.05) is 0 Å². The van der Waals surface area contributed by atoms with Crippen molar-refractivity contribution in [2.24, 2.45) is 5.92 Å². The summed E-state index contributed by atoms with van der Waals surface area (Å²) in [5.74, 6) is -0.0482. The van der Waals surface area contributed by atoms with Crippen molar-refractivity contribution in [1.29, 1.82) is 0 Å². The topological polar surface area (TPSA) is 57.1 Å². The highest BCUT2D eigenvalue weighted by Gasteiger charge is 2.29. The Bertz CT molecular complexity index is 749. The molecule has 1 aromatic heterocycles. The Hall–Kier alpha value is -0.820. The zero-order valence-corrected chi connectivity index (χ0v) is 17.4. The lowest BCUT2D eigenvalue weighted by Gasteiger charge is -2.26. The average Bonchev–Trinajstić information content (AvgIpc) is 2.83. The van der Waals surface area contributed by atoms with E-state index in [1.807, 2.05) is 65.9 Å². The SMILES string of the molecule is CC(C)C(=O)n1cc([C@@H](C)N[S@@+]([O-])C(C)(C)C)c2ccc(Br)cc21. The van der Waals surface area contributed by atoms with Crippen LogP contribution in [-0.2, 0) is 11.4 Å². The fourth-order valence-corrected chi connectivity index (χ4v) is 3.58. The van der Waals surface area contributed by atoms with E-state index in [4.69, 9.17) is 0 Å². The van der Waals surface area contributed by atoms with E-state index < -0.39 is 11.4 Å². The van der Waals surface area contributed by atoms with Crippen LogP contribution in [-0.4, -0.2) is 19.8 Å². The molecule has 0 unspecified atom stereocenters. The van der Waals surface area contributed by atoms with E-state index in [1.54, 1.807) is 4.57 Å². The molecule has 132 valence electrons. The van der Waals surface area contributed by atoms with Crippen LogP contribution in [0.15, 0.2) is 28.9 Å². The van der Waals surface area contributed by atoms with Gasteiger partial charge < -0.3 is 4.55 Å². The average molecular weight is 413 g/mol. The number of hydrogen-bond acceptors (Lipinski definition) is 3. The molecule has 0 saturated heterocycles. The Kier molecular flexibility index (Phi) is 5.85. The van der Waals surface area contributed by atoms with Gasteiger partial charge in [-0.05, 0) is 45.4 Å². The third kappa shape index (κ3) is 4.04. The first-order valence-electron chi connectivity index (χ1n) is 8.05. The van der Waals surface area contributed by atoms with Crippen molar-refractivity contribution in [1.82, 2.24) is 9.29 Å². The molecule has 0 fully saturated rings. The quantitative estimate of drug-likeness (QED) is 0.732. The molecule has 1 heterocycles. The number of nitrogens with one attached hydrogen (secondary N) is 1. The minimum atomic E-state index is -1.18. The molecule has 0 spiro atoms. The number of fused-ring (bicyclic) bond motifs is 1. The summed E-state index contributed by atoms with van der Waals surface area (Å²) < 4.78 is 17.9. The molecule has 0 aliphatic rings. The van der Waals surface area contributed by atoms with Crippen LogP contribution in [0.1, 0.15) is 57.9 Å². The number of carbonyl (C=O) groups is 1. The summed E-state index contributed by atoms with van der Waals surface area (Å²) in [4.78, 5) is 12.6. The van der Waals surface area contributed by atoms with E-state index in [1.165, 1.54) is 0 Å². The van der Waals surface area contributed by atoms with Gasteiger partial charge in [0.15, 0.2) is 0 Å². The maximum absolute atomic E-state index is 12.6. The first-order valence-corrected chi connectivity index (χ1v) is 9.99. The molecule has 0 amide bonds. The zero-order chi connectivity index (χ0) is 18.2. The smallest absolute Gasteiger partial charge is 0.233 e. The van der Waals surface area contributed by atoms with Crippen LogP contribution in [0.25, 0.3) is 10.9 Å². The molecule has 0 aliphatic heterocycles. The van der Waals surface area contributed by atoms with Gasteiger partial charge >= 0.3 is 0 Å². The van der Waals surface area contributed by atoms with Crippen LogP contribution in [0.2, 0.25) is 0 Å². The largest absolute Gasteiger partial charge is 0.598 e. The molecule has 0 aliphatic carbocycles. The second-order valence-corrected chi connectivity index (χ2v) is 10.2. The van der Waals surface area contributed by atoms with Gasteiger partial charge in [0.1, 0.15) is 4.75 Å². The summed E-state index contributed by atoms with van der Waals surface area (Å²) in [5.41, 5.74) is 1.84. The van der Waals surface area contributed by atoms with Gasteiger partial charge in [0.25, 0.3) is 0 Å². The number of nitrogens with zero attached hydrogens (tertiary/aromatic N) is 1.